The van der Waals surface area contributed by atoms with Crippen molar-refractivity contribution in [2.75, 3.05) is 19.4 Å². The van der Waals surface area contributed by atoms with E-state index in [2.05, 4.69) is 36.5 Å². The number of pyridine rings is 1. The Bertz CT molecular complexity index is 973. The van der Waals surface area contributed by atoms with Crippen molar-refractivity contribution in [3.05, 3.63) is 68.4 Å². The van der Waals surface area contributed by atoms with Crippen LogP contribution in [0.3, 0.4) is 0 Å². The number of amides is 2. The molecule has 0 fully saturated rings. The molecule has 2 amide bonds. The first kappa shape index (κ1) is 26.1. The van der Waals surface area contributed by atoms with Gasteiger partial charge in [-0.3, -0.25) is 19.6 Å². The number of nitrogens with zero attached hydrogens (tertiary/aromatic N) is 2. The summed E-state index contributed by atoms with van der Waals surface area (Å²) < 4.78 is 0.522. The predicted octanol–water partition coefficient (Wildman–Crippen LogP) is 5.70. The summed E-state index contributed by atoms with van der Waals surface area (Å²) in [5.74, 6) is -0.812. The fraction of sp³-hybridized carbons (Fsp3) is 0.200. The minimum Gasteiger partial charge on any atom is -0.355 e. The second-order valence-electron chi connectivity index (χ2n) is 5.79. The zero-order chi connectivity index (χ0) is 22.8. The van der Waals surface area contributed by atoms with Gasteiger partial charge in [0.1, 0.15) is 4.62 Å². The van der Waals surface area contributed by atoms with Gasteiger partial charge in [-0.2, -0.15) is 0 Å². The summed E-state index contributed by atoms with van der Waals surface area (Å²) in [5.41, 5.74) is 1.66. The van der Waals surface area contributed by atoms with Gasteiger partial charge < -0.3 is 10.6 Å². The monoisotopic (exact) mass is 532 g/mol. The highest BCUT2D eigenvalue weighted by atomic mass is 79.9. The summed E-state index contributed by atoms with van der Waals surface area (Å²) in [5, 5.41) is 6.29. The Morgan fingerprint density at radius 1 is 1.20 bits per heavy atom. The van der Waals surface area contributed by atoms with E-state index in [0.29, 0.717) is 15.2 Å². The summed E-state index contributed by atoms with van der Waals surface area (Å²) in [6, 6.07) is 6.52. The van der Waals surface area contributed by atoms with E-state index in [1.165, 1.54) is 19.2 Å². The molecular weight excluding hydrogens is 515 g/mol. The summed E-state index contributed by atoms with van der Waals surface area (Å²) in [6.07, 6.45) is 3.28. The topological polar surface area (TPSA) is 83.5 Å². The van der Waals surface area contributed by atoms with Gasteiger partial charge in [-0.15, -0.1) is 0 Å². The molecule has 0 bridgehead atoms. The molecule has 160 valence electrons. The molecule has 6 nitrogen and oxygen atoms in total. The average molecular weight is 535 g/mol. The summed E-state index contributed by atoms with van der Waals surface area (Å²) in [6.45, 7) is 3.49. The first-order chi connectivity index (χ1) is 14.1. The number of halogens is 4. The van der Waals surface area contributed by atoms with Crippen LogP contribution in [0.1, 0.15) is 23.0 Å². The Balaban J connectivity index is 0.000000467. The van der Waals surface area contributed by atoms with Crippen LogP contribution in [0, 0.1) is 6.92 Å². The lowest BCUT2D eigenvalue weighted by molar-refractivity contribution is -0.112. The maximum absolute atomic E-state index is 12.2. The fourth-order valence-electron chi connectivity index (χ4n) is 2.00. The smallest absolute Gasteiger partial charge is 0.253 e. The van der Waals surface area contributed by atoms with Gasteiger partial charge in [0.2, 0.25) is 0 Å². The fourth-order valence-corrected chi connectivity index (χ4v) is 3.01. The van der Waals surface area contributed by atoms with Crippen molar-refractivity contribution in [3.8, 4) is 0 Å². The number of carbonyl (C=O) groups is 2. The number of nitrogens with one attached hydrogen (secondary N) is 2. The Hall–Kier alpha value is -1.93. The standard InChI is InChI=1S/C14H14BrCl2N3O2.C6H6ClN/c1-7(4-11(15)18-2)13(21)20-12-9(14(22)19-3)5-8(16)6-10(12)17;1-5-6(7)3-2-4-8-5/h4-6H,1-3H3,(H,19,22)(H,20,21);2-4H,1H3/b7-4+,18-11?;. The number of benzene rings is 1. The van der Waals surface area contributed by atoms with Crippen LogP contribution in [0.15, 0.2) is 47.1 Å². The van der Waals surface area contributed by atoms with Crippen molar-refractivity contribution in [1.29, 1.82) is 0 Å². The first-order valence-corrected chi connectivity index (χ1v) is 10.4. The van der Waals surface area contributed by atoms with Crippen LogP contribution in [0.5, 0.6) is 0 Å². The first-order valence-electron chi connectivity index (χ1n) is 8.50. The lowest BCUT2D eigenvalue weighted by Crippen LogP contribution is -2.22. The lowest BCUT2D eigenvalue weighted by Gasteiger charge is -2.13. The molecule has 0 unspecified atom stereocenters. The number of aryl methyl sites for hydroxylation is 1. The number of aromatic nitrogens is 1. The Kier molecular flexibility index (Phi) is 11.0. The van der Waals surface area contributed by atoms with Gasteiger partial charge in [-0.25, -0.2) is 0 Å². The summed E-state index contributed by atoms with van der Waals surface area (Å²) >= 11 is 20.8. The number of rotatable bonds is 4. The third-order valence-electron chi connectivity index (χ3n) is 3.62. The molecule has 0 aliphatic rings. The van der Waals surface area contributed by atoms with Crippen molar-refractivity contribution in [2.24, 2.45) is 4.99 Å². The molecule has 1 heterocycles. The third kappa shape index (κ3) is 8.07. The maximum Gasteiger partial charge on any atom is 0.253 e. The second-order valence-corrected chi connectivity index (χ2v) is 7.85. The molecule has 2 aromatic rings. The highest BCUT2D eigenvalue weighted by Crippen LogP contribution is 2.30. The number of allylic oxidation sites excluding steroid dienone is 1. The molecule has 0 aliphatic carbocycles. The largest absolute Gasteiger partial charge is 0.355 e. The molecule has 0 aliphatic heterocycles. The van der Waals surface area contributed by atoms with Crippen LogP contribution in [0.25, 0.3) is 0 Å². The van der Waals surface area contributed by atoms with Crippen molar-refractivity contribution < 1.29 is 9.59 Å². The van der Waals surface area contributed by atoms with E-state index in [-0.39, 0.29) is 16.3 Å². The molecule has 2 N–H and O–H groups in total. The van der Waals surface area contributed by atoms with Crippen LogP contribution < -0.4 is 10.6 Å². The van der Waals surface area contributed by atoms with E-state index >= 15 is 0 Å². The van der Waals surface area contributed by atoms with Gasteiger partial charge in [0, 0.05) is 30.9 Å². The quantitative estimate of drug-likeness (QED) is 0.390. The Labute approximate surface area is 198 Å². The van der Waals surface area contributed by atoms with E-state index in [1.54, 1.807) is 26.2 Å². The third-order valence-corrected chi connectivity index (χ3v) is 5.11. The van der Waals surface area contributed by atoms with Crippen LogP contribution in [0.4, 0.5) is 5.69 Å². The minimum absolute atomic E-state index is 0.176. The van der Waals surface area contributed by atoms with Crippen LogP contribution in [-0.4, -0.2) is 35.5 Å². The van der Waals surface area contributed by atoms with E-state index < -0.39 is 11.8 Å². The predicted molar refractivity (Wildman–Crippen MR) is 129 cm³/mol. The van der Waals surface area contributed by atoms with E-state index in [4.69, 9.17) is 34.8 Å². The Morgan fingerprint density at radius 2 is 1.87 bits per heavy atom. The molecule has 1 aromatic carbocycles. The second kappa shape index (κ2) is 12.7. The van der Waals surface area contributed by atoms with Crippen LogP contribution in [-0.2, 0) is 4.79 Å². The van der Waals surface area contributed by atoms with Gasteiger partial charge >= 0.3 is 0 Å². The average Bonchev–Trinajstić information content (AvgIpc) is 2.71. The van der Waals surface area contributed by atoms with Gasteiger partial charge in [0.25, 0.3) is 11.8 Å². The van der Waals surface area contributed by atoms with E-state index in [0.717, 1.165) is 10.7 Å². The number of hydrogen-bond acceptors (Lipinski definition) is 4. The zero-order valence-electron chi connectivity index (χ0n) is 16.7. The molecule has 1 aromatic heterocycles. The maximum atomic E-state index is 12.2. The minimum atomic E-state index is -0.407. The van der Waals surface area contributed by atoms with Crippen LogP contribution in [0.2, 0.25) is 15.1 Å². The molecule has 0 saturated carbocycles. The SMILES string of the molecule is CN=C(Br)/C=C(\C)C(=O)Nc1c(Cl)cc(Cl)cc1C(=O)NC.Cc1ncccc1Cl. The highest BCUT2D eigenvalue weighted by molar-refractivity contribution is 9.18. The zero-order valence-corrected chi connectivity index (χ0v) is 20.5. The Morgan fingerprint density at radius 3 is 2.37 bits per heavy atom. The number of hydrogen-bond donors (Lipinski definition) is 2. The number of carbonyl (C=O) groups excluding carboxylic acids is 2. The van der Waals surface area contributed by atoms with Gasteiger partial charge in [-0.1, -0.05) is 34.8 Å². The van der Waals surface area contributed by atoms with Crippen molar-refractivity contribution >= 4 is 72.9 Å². The normalized spacial score (nSPS) is 11.3. The molecule has 2 rings (SSSR count). The molecule has 0 atom stereocenters. The number of aliphatic imine (C=N–C) groups is 1. The summed E-state index contributed by atoms with van der Waals surface area (Å²) in [7, 11) is 3.06. The molecular formula is C20H20BrCl3N4O2. The van der Waals surface area contributed by atoms with Crippen molar-refractivity contribution in [1.82, 2.24) is 10.3 Å². The molecule has 0 saturated heterocycles. The molecule has 30 heavy (non-hydrogen) atoms. The molecule has 0 spiro atoms. The van der Waals surface area contributed by atoms with Crippen molar-refractivity contribution in [3.63, 3.8) is 0 Å². The van der Waals surface area contributed by atoms with E-state index in [9.17, 15) is 9.59 Å². The van der Waals surface area contributed by atoms with Gasteiger partial charge in [-0.05, 0) is 60.1 Å². The molecule has 10 heteroatoms. The number of anilines is 1. The lowest BCUT2D eigenvalue weighted by atomic mass is 10.1. The van der Waals surface area contributed by atoms with Crippen molar-refractivity contribution in [2.45, 2.75) is 13.8 Å². The summed E-state index contributed by atoms with van der Waals surface area (Å²) in [4.78, 5) is 31.9. The molecule has 0 radical (unpaired) electrons. The highest BCUT2D eigenvalue weighted by Gasteiger charge is 2.18. The van der Waals surface area contributed by atoms with Gasteiger partial charge in [0.05, 0.1) is 27.0 Å². The van der Waals surface area contributed by atoms with Gasteiger partial charge in [0.15, 0.2) is 0 Å². The van der Waals surface area contributed by atoms with E-state index in [1.807, 2.05) is 19.1 Å². The van der Waals surface area contributed by atoms with Crippen LogP contribution >= 0.6 is 50.7 Å².